The predicted octanol–water partition coefficient (Wildman–Crippen LogP) is 0.386. The van der Waals surface area contributed by atoms with Gasteiger partial charge >= 0.3 is 0 Å². The summed E-state index contributed by atoms with van der Waals surface area (Å²) in [5, 5.41) is 2.64. The van der Waals surface area contributed by atoms with Crippen molar-refractivity contribution in [3.05, 3.63) is 12.1 Å². The van der Waals surface area contributed by atoms with E-state index in [0.29, 0.717) is 37.0 Å². The summed E-state index contributed by atoms with van der Waals surface area (Å²) in [7, 11) is 1.56. The summed E-state index contributed by atoms with van der Waals surface area (Å²) in [6, 6.07) is 3.42. The molecule has 1 atom stereocenters. The van der Waals surface area contributed by atoms with Crippen molar-refractivity contribution in [3.63, 3.8) is 0 Å². The zero-order chi connectivity index (χ0) is 15.5. The van der Waals surface area contributed by atoms with Gasteiger partial charge in [-0.3, -0.25) is 14.5 Å². The molecule has 0 aromatic carbocycles. The third-order valence-corrected chi connectivity index (χ3v) is 3.50. The zero-order valence-electron chi connectivity index (χ0n) is 12.2. The minimum Gasteiger partial charge on any atom is -0.480 e. The van der Waals surface area contributed by atoms with Crippen molar-refractivity contribution in [1.82, 2.24) is 4.98 Å². The lowest BCUT2D eigenvalue weighted by atomic mass is 10.1. The normalized spacial score (nSPS) is 20.6. The van der Waals surface area contributed by atoms with Crippen molar-refractivity contribution in [2.24, 2.45) is 5.92 Å². The quantitative estimate of drug-likeness (QED) is 0.625. The highest BCUT2D eigenvalue weighted by molar-refractivity contribution is 5.97. The Hall–Kier alpha value is -2.19. The van der Waals surface area contributed by atoms with Gasteiger partial charge in [0.25, 0.3) is 5.91 Å². The average Bonchev–Trinajstić information content (AvgIpc) is 2.87. The Balaban J connectivity index is 1.70. The van der Waals surface area contributed by atoms with Crippen LogP contribution in [-0.2, 0) is 19.1 Å². The second-order valence-corrected chi connectivity index (χ2v) is 5.20. The SMILES string of the molecule is COCOC[C@H]1CC(=O)N(c2ccc3c(n2)NC(=O)CO3)C1. The number of anilines is 2. The van der Waals surface area contributed by atoms with Gasteiger partial charge in [-0.1, -0.05) is 0 Å². The van der Waals surface area contributed by atoms with Gasteiger partial charge in [0.2, 0.25) is 5.91 Å². The molecule has 22 heavy (non-hydrogen) atoms. The highest BCUT2D eigenvalue weighted by atomic mass is 16.7. The molecular weight excluding hydrogens is 290 g/mol. The highest BCUT2D eigenvalue weighted by Crippen LogP contribution is 2.31. The molecule has 8 nitrogen and oxygen atoms in total. The van der Waals surface area contributed by atoms with Crippen LogP contribution in [-0.4, -0.2) is 50.5 Å². The van der Waals surface area contributed by atoms with Gasteiger partial charge in [0.05, 0.1) is 6.61 Å². The molecule has 3 rings (SSSR count). The van der Waals surface area contributed by atoms with E-state index in [9.17, 15) is 9.59 Å². The maximum atomic E-state index is 12.1. The van der Waals surface area contributed by atoms with E-state index < -0.39 is 0 Å². The van der Waals surface area contributed by atoms with Crippen LogP contribution in [0.5, 0.6) is 5.75 Å². The van der Waals surface area contributed by atoms with Gasteiger partial charge in [-0.2, -0.15) is 0 Å². The molecule has 0 unspecified atom stereocenters. The van der Waals surface area contributed by atoms with Gasteiger partial charge in [0, 0.05) is 26.0 Å². The number of pyridine rings is 1. The maximum absolute atomic E-state index is 12.1. The Labute approximate surface area is 127 Å². The molecule has 1 aromatic heterocycles. The van der Waals surface area contributed by atoms with E-state index in [0.717, 1.165) is 0 Å². The fourth-order valence-electron chi connectivity index (χ4n) is 2.52. The van der Waals surface area contributed by atoms with Crippen LogP contribution in [0.3, 0.4) is 0 Å². The van der Waals surface area contributed by atoms with Gasteiger partial charge < -0.3 is 19.5 Å². The summed E-state index contributed by atoms with van der Waals surface area (Å²) in [4.78, 5) is 29.4. The van der Waals surface area contributed by atoms with Crippen LogP contribution in [0.15, 0.2) is 12.1 Å². The number of carbonyl (C=O) groups is 2. The number of fused-ring (bicyclic) bond motifs is 1. The Kier molecular flexibility index (Phi) is 4.21. The lowest BCUT2D eigenvalue weighted by molar-refractivity contribution is -0.119. The molecule has 2 aliphatic rings. The predicted molar refractivity (Wildman–Crippen MR) is 76.6 cm³/mol. The zero-order valence-corrected chi connectivity index (χ0v) is 12.2. The summed E-state index contributed by atoms with van der Waals surface area (Å²) in [6.45, 7) is 1.19. The Morgan fingerprint density at radius 3 is 3.14 bits per heavy atom. The highest BCUT2D eigenvalue weighted by Gasteiger charge is 2.32. The number of hydrogen-bond acceptors (Lipinski definition) is 6. The van der Waals surface area contributed by atoms with Crippen LogP contribution in [0.25, 0.3) is 0 Å². The van der Waals surface area contributed by atoms with Crippen molar-refractivity contribution in [1.29, 1.82) is 0 Å². The minimum absolute atomic E-state index is 0.0125. The number of methoxy groups -OCH3 is 1. The van der Waals surface area contributed by atoms with Crippen LogP contribution in [0, 0.1) is 5.92 Å². The lowest BCUT2D eigenvalue weighted by Gasteiger charge is -2.21. The molecule has 1 fully saturated rings. The molecule has 1 aromatic rings. The summed E-state index contributed by atoms with van der Waals surface area (Å²) in [5.41, 5.74) is 0. The summed E-state index contributed by atoms with van der Waals surface area (Å²) in [6.07, 6.45) is 0.408. The van der Waals surface area contributed by atoms with Crippen molar-refractivity contribution >= 4 is 23.5 Å². The van der Waals surface area contributed by atoms with E-state index in [1.807, 2.05) is 0 Å². The fourth-order valence-corrected chi connectivity index (χ4v) is 2.52. The third kappa shape index (κ3) is 3.02. The smallest absolute Gasteiger partial charge is 0.263 e. The van der Waals surface area contributed by atoms with Crippen LogP contribution >= 0.6 is 0 Å². The molecule has 3 heterocycles. The Bertz CT molecular complexity index is 592. The topological polar surface area (TPSA) is 90.0 Å². The monoisotopic (exact) mass is 307 g/mol. The molecule has 118 valence electrons. The molecule has 0 radical (unpaired) electrons. The van der Waals surface area contributed by atoms with Crippen LogP contribution in [0.4, 0.5) is 11.6 Å². The van der Waals surface area contributed by atoms with E-state index >= 15 is 0 Å². The second kappa shape index (κ2) is 6.29. The second-order valence-electron chi connectivity index (χ2n) is 5.20. The number of ether oxygens (including phenoxy) is 3. The van der Waals surface area contributed by atoms with Crippen LogP contribution in [0.1, 0.15) is 6.42 Å². The number of carbonyl (C=O) groups excluding carboxylic acids is 2. The summed E-state index contributed by atoms with van der Waals surface area (Å²) in [5.74, 6) is 1.20. The van der Waals surface area contributed by atoms with Crippen molar-refractivity contribution in [2.75, 3.05) is 43.9 Å². The number of hydrogen-bond donors (Lipinski definition) is 1. The molecule has 1 N–H and O–H groups in total. The van der Waals surface area contributed by atoms with Gasteiger partial charge in [-0.25, -0.2) is 4.98 Å². The molecule has 0 spiro atoms. The average molecular weight is 307 g/mol. The van der Waals surface area contributed by atoms with Gasteiger partial charge in [0.1, 0.15) is 12.6 Å². The molecule has 2 amide bonds. The van der Waals surface area contributed by atoms with E-state index in [1.165, 1.54) is 0 Å². The van der Waals surface area contributed by atoms with E-state index in [2.05, 4.69) is 10.3 Å². The third-order valence-electron chi connectivity index (χ3n) is 3.50. The molecule has 0 bridgehead atoms. The molecular formula is C14H17N3O5. The van der Waals surface area contributed by atoms with E-state index in [4.69, 9.17) is 14.2 Å². The largest absolute Gasteiger partial charge is 0.480 e. The molecule has 2 aliphatic heterocycles. The van der Waals surface area contributed by atoms with E-state index in [-0.39, 0.29) is 31.1 Å². The molecule has 0 aliphatic carbocycles. The summed E-state index contributed by atoms with van der Waals surface area (Å²) >= 11 is 0. The minimum atomic E-state index is -0.254. The van der Waals surface area contributed by atoms with Crippen LogP contribution in [0.2, 0.25) is 0 Å². The number of amides is 2. The van der Waals surface area contributed by atoms with Crippen LogP contribution < -0.4 is 15.0 Å². The maximum Gasteiger partial charge on any atom is 0.263 e. The van der Waals surface area contributed by atoms with Gasteiger partial charge in [-0.15, -0.1) is 0 Å². The molecule has 8 heteroatoms. The molecule has 1 saturated heterocycles. The first kappa shape index (κ1) is 14.7. The number of rotatable bonds is 5. The van der Waals surface area contributed by atoms with Crippen molar-refractivity contribution in [3.8, 4) is 5.75 Å². The number of nitrogens with zero attached hydrogens (tertiary/aromatic N) is 2. The van der Waals surface area contributed by atoms with E-state index in [1.54, 1.807) is 24.1 Å². The summed E-state index contributed by atoms with van der Waals surface area (Å²) < 4.78 is 15.4. The van der Waals surface area contributed by atoms with Crippen molar-refractivity contribution in [2.45, 2.75) is 6.42 Å². The number of aromatic nitrogens is 1. The standard InChI is InChI=1S/C14H17N3O5/c1-20-8-21-6-9-4-13(19)17(5-9)11-3-2-10-14(15-11)16-12(18)7-22-10/h2-3,9H,4-8H2,1H3,(H,15,16,18)/t9-/m0/s1. The Morgan fingerprint density at radius 2 is 2.32 bits per heavy atom. The fraction of sp³-hybridized carbons (Fsp3) is 0.500. The molecule has 0 saturated carbocycles. The lowest BCUT2D eigenvalue weighted by Crippen LogP contribution is -2.29. The first-order valence-corrected chi connectivity index (χ1v) is 6.98. The van der Waals surface area contributed by atoms with Gasteiger partial charge in [0.15, 0.2) is 18.2 Å². The first-order valence-electron chi connectivity index (χ1n) is 6.98. The first-order chi connectivity index (χ1) is 10.7. The van der Waals surface area contributed by atoms with Gasteiger partial charge in [-0.05, 0) is 12.1 Å². The number of nitrogens with one attached hydrogen (secondary N) is 1. The Morgan fingerprint density at radius 1 is 1.45 bits per heavy atom. The van der Waals surface area contributed by atoms with Crippen molar-refractivity contribution < 1.29 is 23.8 Å².